The average Bonchev–Trinajstić information content (AvgIpc) is 3.19. The zero-order chi connectivity index (χ0) is 44.4. The van der Waals surface area contributed by atoms with E-state index in [0.29, 0.717) is 16.3 Å². The van der Waals surface area contributed by atoms with Gasteiger partial charge in [-0.15, -0.1) is 0 Å². The van der Waals surface area contributed by atoms with Crippen LogP contribution in [0, 0.1) is 49.4 Å². The molecule has 7 rings (SSSR count). The molecule has 4 unspecified atom stereocenters. The molecule has 0 saturated carbocycles. The van der Waals surface area contributed by atoms with E-state index in [-0.39, 0.29) is 201 Å². The maximum absolute atomic E-state index is 12.2. The predicted molar refractivity (Wildman–Crippen MR) is 209 cm³/mol. The second-order valence-corrected chi connectivity index (χ2v) is 16.6. The summed E-state index contributed by atoms with van der Waals surface area (Å²) < 4.78 is 162. The van der Waals surface area contributed by atoms with Crippen molar-refractivity contribution in [3.8, 4) is 33.8 Å². The Balaban J connectivity index is 0.000000773. The third-order valence-electron chi connectivity index (χ3n) is 8.96. The van der Waals surface area contributed by atoms with Gasteiger partial charge in [-0.3, -0.25) is 9.97 Å². The van der Waals surface area contributed by atoms with Crippen LogP contribution in [0.25, 0.3) is 54.8 Å². The first-order valence-electron chi connectivity index (χ1n) is 17.0. The third kappa shape index (κ3) is 16.3. The van der Waals surface area contributed by atoms with Gasteiger partial charge in [-0.25, -0.2) is 25.3 Å². The summed E-state index contributed by atoms with van der Waals surface area (Å²) in [6.07, 6.45) is -6.71. The Hall–Kier alpha value is 0.114. The van der Waals surface area contributed by atoms with E-state index >= 15 is 0 Å². The van der Waals surface area contributed by atoms with E-state index in [9.17, 15) is 61.7 Å². The van der Waals surface area contributed by atoms with Gasteiger partial charge in [0, 0.05) is 90.1 Å². The molecule has 0 aliphatic rings. The SMILES string of the molecule is O=S([O-])Oc1ccc(-c2ccnc3c2ccc2c(-c4ccc(OS(=O)[O-])cc4S(=O)(=O)[O-])ccnc23)c(S(=O)(=O)[O-])c1.OC(CC(O)C(F)(F)F)c1ccc2ccccc2c1.[Eu].[Na+].[Na+].[Na+].[Na+]. The zero-order valence-corrected chi connectivity index (χ0v) is 48.4. The first kappa shape index (κ1) is 64.1. The Morgan fingerprint density at radius 2 is 1.03 bits per heavy atom. The second kappa shape index (κ2) is 27.2. The summed E-state index contributed by atoms with van der Waals surface area (Å²) >= 11 is -6.05. The van der Waals surface area contributed by atoms with Gasteiger partial charge in [0.1, 0.15) is 54.5 Å². The normalized spacial score (nSPS) is 13.1. The molecule has 327 valence electrons. The van der Waals surface area contributed by atoms with Crippen LogP contribution in [0.1, 0.15) is 18.1 Å². The van der Waals surface area contributed by atoms with Gasteiger partial charge in [0.15, 0.2) is 6.10 Å². The van der Waals surface area contributed by atoms with E-state index in [1.54, 1.807) is 18.2 Å². The van der Waals surface area contributed by atoms with Crippen LogP contribution >= 0.6 is 0 Å². The van der Waals surface area contributed by atoms with Crippen LogP contribution in [0.15, 0.2) is 125 Å². The Morgan fingerprint density at radius 1 is 0.606 bits per heavy atom. The van der Waals surface area contributed by atoms with E-state index in [1.807, 2.05) is 24.3 Å². The first-order chi connectivity index (χ1) is 28.6. The van der Waals surface area contributed by atoms with Gasteiger partial charge >= 0.3 is 124 Å². The molecule has 2 aromatic heterocycles. The van der Waals surface area contributed by atoms with E-state index < -0.39 is 89.1 Å². The molecule has 7 aromatic rings. The van der Waals surface area contributed by atoms with Crippen molar-refractivity contribution in [2.75, 3.05) is 0 Å². The van der Waals surface area contributed by atoms with Crippen LogP contribution in [0.4, 0.5) is 13.2 Å². The topological polar surface area (TPSA) is 279 Å². The molecule has 0 aliphatic heterocycles. The minimum atomic E-state index is -5.13. The molecule has 2 heterocycles. The van der Waals surface area contributed by atoms with Gasteiger partial charge in [0.05, 0.1) is 26.9 Å². The van der Waals surface area contributed by atoms with E-state index in [4.69, 9.17) is 5.11 Å². The van der Waals surface area contributed by atoms with Crippen molar-refractivity contribution in [3.63, 3.8) is 0 Å². The number of alkyl halides is 3. The molecule has 0 saturated heterocycles. The number of nitrogens with zero attached hydrogens (tertiary/aromatic N) is 2. The van der Waals surface area contributed by atoms with Crippen molar-refractivity contribution < 1.29 is 243 Å². The summed E-state index contributed by atoms with van der Waals surface area (Å²) in [6.45, 7) is 0. The maximum Gasteiger partial charge on any atom is 1.00 e. The Kier molecular flexibility index (Phi) is 26.5. The number of aliphatic hydroxyl groups excluding tert-OH is 2. The quantitative estimate of drug-likeness (QED) is 0.0527. The molecule has 0 aliphatic carbocycles. The van der Waals surface area contributed by atoms with Crippen LogP contribution in [-0.4, -0.2) is 75.9 Å². The van der Waals surface area contributed by atoms with Gasteiger partial charge in [-0.2, -0.15) is 13.2 Å². The smallest absolute Gasteiger partial charge is 0.744 e. The maximum atomic E-state index is 12.2. The van der Waals surface area contributed by atoms with Gasteiger partial charge in [0.2, 0.25) is 0 Å². The summed E-state index contributed by atoms with van der Waals surface area (Å²) in [5.74, 6) is -0.808. The van der Waals surface area contributed by atoms with Crippen molar-refractivity contribution in [2.24, 2.45) is 0 Å². The minimum absolute atomic E-state index is 0. The fraction of sp³-hybridized carbons (Fsp3) is 0.105. The van der Waals surface area contributed by atoms with Crippen molar-refractivity contribution in [3.05, 3.63) is 121 Å². The van der Waals surface area contributed by atoms with Crippen LogP contribution in [-0.2, 0) is 43.0 Å². The van der Waals surface area contributed by atoms with E-state index in [1.165, 1.54) is 48.8 Å². The fourth-order valence-corrected chi connectivity index (χ4v) is 8.26. The van der Waals surface area contributed by atoms with Crippen LogP contribution in [0.2, 0.25) is 0 Å². The van der Waals surface area contributed by atoms with Crippen molar-refractivity contribution >= 4 is 75.5 Å². The number of benzene rings is 5. The summed E-state index contributed by atoms with van der Waals surface area (Å²) in [5.41, 5.74) is 1.04. The molecule has 4 atom stereocenters. The molecule has 5 aromatic carbocycles. The van der Waals surface area contributed by atoms with Crippen molar-refractivity contribution in [1.82, 2.24) is 9.97 Å². The molecule has 0 amide bonds. The summed E-state index contributed by atoms with van der Waals surface area (Å²) in [4.78, 5) is 7.15. The fourth-order valence-electron chi connectivity index (χ4n) is 6.32. The number of aromatic nitrogens is 2. The standard InChI is InChI=1S/C24H16N2O12S4.C14H13F3O2.Eu.4Na/c27-39(28)37-13-1-3-17(21(11-13)41(31,32)33)15-7-9-25-23-19(15)5-6-20-16(8-10-26-24(20)23)18-4-2-14(38-40(29)30)12-22(18)42(34,35)36;15-14(16,17)13(19)8-12(18)11-6-5-9-3-1-2-4-10(9)7-11;;;;;/h1-12H,(H,27,28)(H,29,30)(H,31,32,33)(H,34,35,36);1-7,12-13,18-19H,8H2;;;;;/q;;;4*+1/p-4. The zero-order valence-electron chi connectivity index (χ0n) is 34.7. The number of fused-ring (bicyclic) bond motifs is 4. The van der Waals surface area contributed by atoms with Crippen molar-refractivity contribution in [2.45, 2.75) is 34.6 Å². The number of rotatable bonds is 11. The minimum Gasteiger partial charge on any atom is -0.744 e. The van der Waals surface area contributed by atoms with Crippen LogP contribution in [0.3, 0.4) is 0 Å². The number of pyridine rings is 2. The van der Waals surface area contributed by atoms with Crippen LogP contribution in [0.5, 0.6) is 11.5 Å². The summed E-state index contributed by atoms with van der Waals surface area (Å²) in [7, 11) is -10.3. The van der Waals surface area contributed by atoms with E-state index in [2.05, 4.69) is 18.3 Å². The van der Waals surface area contributed by atoms with E-state index in [0.717, 1.165) is 35.0 Å². The van der Waals surface area contributed by atoms with Crippen molar-refractivity contribution in [1.29, 1.82) is 0 Å². The van der Waals surface area contributed by atoms with Gasteiger partial charge in [-0.05, 0) is 82.1 Å². The van der Waals surface area contributed by atoms with Crippen LogP contribution < -0.4 is 127 Å². The monoisotopic (exact) mass is 1160 g/mol. The molecule has 1 radical (unpaired) electrons. The Bertz CT molecular complexity index is 2960. The number of aliphatic hydroxyl groups is 2. The molecular formula is C38H25EuF3N2Na4O14S4. The first-order valence-corrected chi connectivity index (χ1v) is 21.8. The summed E-state index contributed by atoms with van der Waals surface area (Å²) in [5, 5.41) is 21.1. The molecule has 28 heteroatoms. The molecule has 2 N–H and O–H groups in total. The summed E-state index contributed by atoms with van der Waals surface area (Å²) in [6, 6.07) is 24.4. The number of hydrogen-bond donors (Lipinski definition) is 2. The Morgan fingerprint density at radius 3 is 1.42 bits per heavy atom. The van der Waals surface area contributed by atoms with Gasteiger partial charge in [-0.1, -0.05) is 48.5 Å². The largest absolute Gasteiger partial charge is 1.00 e. The molecule has 0 fully saturated rings. The molecule has 16 nitrogen and oxygen atoms in total. The number of hydrogen-bond acceptors (Lipinski definition) is 16. The number of halogens is 3. The predicted octanol–water partition coefficient (Wildman–Crippen LogP) is -6.53. The Labute approximate surface area is 509 Å². The molecule has 0 bridgehead atoms. The molecular weight excluding hydrogens is 1140 g/mol. The molecule has 0 spiro atoms. The molecule has 66 heavy (non-hydrogen) atoms. The second-order valence-electron chi connectivity index (χ2n) is 12.8. The average molecular weight is 1160 g/mol. The third-order valence-corrected chi connectivity index (χ3v) is 11.4. The van der Waals surface area contributed by atoms with Gasteiger partial charge < -0.3 is 36.8 Å². The van der Waals surface area contributed by atoms with Gasteiger partial charge in [0.25, 0.3) is 0 Å².